The normalized spacial score (nSPS) is 14.2. The number of aliphatic hydroxyl groups is 2. The van der Waals surface area contributed by atoms with Crippen molar-refractivity contribution in [3.63, 3.8) is 0 Å². The lowest BCUT2D eigenvalue weighted by molar-refractivity contribution is 0.0536. The van der Waals surface area contributed by atoms with Crippen molar-refractivity contribution in [2.75, 3.05) is 0 Å². The molecule has 0 saturated heterocycles. The van der Waals surface area contributed by atoms with Gasteiger partial charge >= 0.3 is 0 Å². The van der Waals surface area contributed by atoms with Gasteiger partial charge in [-0.05, 0) is 5.39 Å². The summed E-state index contributed by atoms with van der Waals surface area (Å²) in [4.78, 5) is 3.93. The summed E-state index contributed by atoms with van der Waals surface area (Å²) >= 11 is 5.93. The summed E-state index contributed by atoms with van der Waals surface area (Å²) in [5.41, 5.74) is 0.388. The van der Waals surface area contributed by atoms with E-state index >= 15 is 0 Å². The molecule has 0 radical (unpaired) electrons. The van der Waals surface area contributed by atoms with Gasteiger partial charge in [0.2, 0.25) is 0 Å². The number of aliphatic hydroxyl groups excluding tert-OH is 2. The highest BCUT2D eigenvalue weighted by Crippen LogP contribution is 2.29. The maximum Gasteiger partial charge on any atom is 0.170 e. The number of aromatic nitrogens is 1. The van der Waals surface area contributed by atoms with Gasteiger partial charge in [0.1, 0.15) is 11.3 Å². The summed E-state index contributed by atoms with van der Waals surface area (Å²) in [6.07, 6.45) is -1.41. The van der Waals surface area contributed by atoms with E-state index in [1.807, 2.05) is 0 Å². The first-order valence-electron chi connectivity index (χ1n) is 4.94. The Labute approximate surface area is 103 Å². The third-order valence-corrected chi connectivity index (χ3v) is 2.83. The first kappa shape index (κ1) is 11.8. The lowest BCUT2D eigenvalue weighted by Gasteiger charge is -2.14. The molecular weight excluding hydrogens is 240 g/mol. The van der Waals surface area contributed by atoms with Crippen LogP contribution in [0.3, 0.4) is 0 Å². The Kier molecular flexibility index (Phi) is 3.25. The molecular formula is C12H9ClN2O2. The number of halogens is 1. The molecule has 0 fully saturated rings. The predicted molar refractivity (Wildman–Crippen MR) is 63.3 cm³/mol. The molecule has 0 aliphatic carbocycles. The van der Waals surface area contributed by atoms with Crippen molar-refractivity contribution in [3.05, 3.63) is 41.2 Å². The average molecular weight is 249 g/mol. The average Bonchev–Trinajstić information content (AvgIpc) is 2.38. The van der Waals surface area contributed by atoms with Crippen molar-refractivity contribution in [1.29, 1.82) is 5.26 Å². The number of benzene rings is 1. The zero-order valence-electron chi connectivity index (χ0n) is 8.71. The van der Waals surface area contributed by atoms with Gasteiger partial charge in [-0.25, -0.2) is 4.98 Å². The van der Waals surface area contributed by atoms with Gasteiger partial charge in [0, 0.05) is 17.1 Å². The maximum absolute atomic E-state index is 9.82. The molecule has 2 unspecified atom stereocenters. The van der Waals surface area contributed by atoms with Gasteiger partial charge in [-0.1, -0.05) is 35.9 Å². The number of fused-ring (bicyclic) bond motifs is 1. The Balaban J connectivity index is 2.64. The van der Waals surface area contributed by atoms with Crippen LogP contribution in [0.25, 0.3) is 10.8 Å². The van der Waals surface area contributed by atoms with Gasteiger partial charge in [0.15, 0.2) is 6.10 Å². The predicted octanol–water partition coefficient (Wildman–Crippen LogP) is 1.81. The molecule has 2 atom stereocenters. The Hall–Kier alpha value is -1.67. The summed E-state index contributed by atoms with van der Waals surface area (Å²) in [5, 5.41) is 29.4. The van der Waals surface area contributed by atoms with Crippen molar-refractivity contribution in [1.82, 2.24) is 4.98 Å². The maximum atomic E-state index is 9.82. The number of hydrogen-bond donors (Lipinski definition) is 2. The lowest BCUT2D eigenvalue weighted by atomic mass is 10.0. The molecule has 2 N–H and O–H groups in total. The molecule has 2 rings (SSSR count). The van der Waals surface area contributed by atoms with Crippen LogP contribution in [0.15, 0.2) is 30.5 Å². The van der Waals surface area contributed by atoms with E-state index in [1.54, 1.807) is 30.3 Å². The van der Waals surface area contributed by atoms with Crippen LogP contribution < -0.4 is 0 Å². The molecule has 1 aromatic carbocycles. The highest BCUT2D eigenvalue weighted by Gasteiger charge is 2.20. The molecule has 2 aromatic rings. The van der Waals surface area contributed by atoms with E-state index in [0.29, 0.717) is 21.5 Å². The van der Waals surface area contributed by atoms with E-state index in [4.69, 9.17) is 16.9 Å². The number of nitriles is 1. The van der Waals surface area contributed by atoms with Gasteiger partial charge in [-0.2, -0.15) is 5.26 Å². The quantitative estimate of drug-likeness (QED) is 0.628. The summed E-state index contributed by atoms with van der Waals surface area (Å²) < 4.78 is 0. The summed E-state index contributed by atoms with van der Waals surface area (Å²) in [6.45, 7) is 0. The van der Waals surface area contributed by atoms with E-state index in [2.05, 4.69) is 4.98 Å². The highest BCUT2D eigenvalue weighted by atomic mass is 35.5. The number of nitrogens with zero attached hydrogens (tertiary/aromatic N) is 2. The van der Waals surface area contributed by atoms with Gasteiger partial charge in [-0.15, -0.1) is 0 Å². The van der Waals surface area contributed by atoms with E-state index in [0.717, 1.165) is 0 Å². The van der Waals surface area contributed by atoms with Gasteiger partial charge in [-0.3, -0.25) is 0 Å². The minimum absolute atomic E-state index is 0.322. The van der Waals surface area contributed by atoms with Crippen LogP contribution in [0.1, 0.15) is 11.7 Å². The SMILES string of the molecule is N#CC(O)C(O)c1cnc(Cl)c2ccccc12. The fraction of sp³-hybridized carbons (Fsp3) is 0.167. The zero-order chi connectivity index (χ0) is 12.4. The number of pyridine rings is 1. The standard InChI is InChI=1S/C12H9ClN2O2/c13-12-8-4-2-1-3-7(8)9(6-15-12)11(17)10(16)5-14/h1-4,6,10-11,16-17H. The van der Waals surface area contributed by atoms with Crippen molar-refractivity contribution >= 4 is 22.4 Å². The van der Waals surface area contributed by atoms with Gasteiger partial charge in [0.25, 0.3) is 0 Å². The summed E-state index contributed by atoms with van der Waals surface area (Å²) in [5.74, 6) is 0. The highest BCUT2D eigenvalue weighted by molar-refractivity contribution is 6.34. The van der Waals surface area contributed by atoms with Crippen molar-refractivity contribution in [2.24, 2.45) is 0 Å². The number of hydrogen-bond acceptors (Lipinski definition) is 4. The first-order valence-corrected chi connectivity index (χ1v) is 5.32. The Morgan fingerprint density at radius 2 is 1.88 bits per heavy atom. The molecule has 1 heterocycles. The molecule has 0 bridgehead atoms. The third-order valence-electron chi connectivity index (χ3n) is 2.53. The zero-order valence-corrected chi connectivity index (χ0v) is 9.46. The molecule has 0 saturated carbocycles. The Bertz CT molecular complexity index is 595. The second-order valence-electron chi connectivity index (χ2n) is 3.57. The van der Waals surface area contributed by atoms with E-state index in [1.165, 1.54) is 6.20 Å². The first-order chi connectivity index (χ1) is 8.15. The molecule has 1 aromatic heterocycles. The minimum atomic E-state index is -1.48. The van der Waals surface area contributed by atoms with Crippen LogP contribution >= 0.6 is 11.6 Å². The summed E-state index contributed by atoms with van der Waals surface area (Å²) in [7, 11) is 0. The van der Waals surface area contributed by atoms with E-state index in [9.17, 15) is 10.2 Å². The molecule has 86 valence electrons. The monoisotopic (exact) mass is 248 g/mol. The van der Waals surface area contributed by atoms with Gasteiger partial charge in [0.05, 0.1) is 6.07 Å². The molecule has 4 nitrogen and oxygen atoms in total. The molecule has 0 amide bonds. The Morgan fingerprint density at radius 3 is 2.53 bits per heavy atom. The molecule has 0 spiro atoms. The van der Waals surface area contributed by atoms with Crippen LogP contribution in [0.5, 0.6) is 0 Å². The van der Waals surface area contributed by atoms with Crippen LogP contribution in [0.2, 0.25) is 5.15 Å². The largest absolute Gasteiger partial charge is 0.384 e. The summed E-state index contributed by atoms with van der Waals surface area (Å²) in [6, 6.07) is 8.69. The minimum Gasteiger partial charge on any atom is -0.384 e. The van der Waals surface area contributed by atoms with Crippen LogP contribution in [0.4, 0.5) is 0 Å². The fourth-order valence-electron chi connectivity index (χ4n) is 1.66. The smallest absolute Gasteiger partial charge is 0.170 e. The lowest BCUT2D eigenvalue weighted by Crippen LogP contribution is -2.16. The van der Waals surface area contributed by atoms with Crippen LogP contribution in [-0.4, -0.2) is 21.3 Å². The molecule has 0 aliphatic heterocycles. The fourth-order valence-corrected chi connectivity index (χ4v) is 1.87. The van der Waals surface area contributed by atoms with Crippen molar-refractivity contribution < 1.29 is 10.2 Å². The molecule has 5 heteroatoms. The van der Waals surface area contributed by atoms with Crippen LogP contribution in [0, 0.1) is 11.3 Å². The topological polar surface area (TPSA) is 77.1 Å². The second kappa shape index (κ2) is 4.68. The van der Waals surface area contributed by atoms with Gasteiger partial charge < -0.3 is 10.2 Å². The van der Waals surface area contributed by atoms with E-state index in [-0.39, 0.29) is 0 Å². The van der Waals surface area contributed by atoms with E-state index < -0.39 is 12.2 Å². The third kappa shape index (κ3) is 2.08. The van der Waals surface area contributed by atoms with Crippen molar-refractivity contribution in [2.45, 2.75) is 12.2 Å². The van der Waals surface area contributed by atoms with Crippen molar-refractivity contribution in [3.8, 4) is 6.07 Å². The van der Waals surface area contributed by atoms with Crippen LogP contribution in [-0.2, 0) is 0 Å². The Morgan fingerprint density at radius 1 is 1.24 bits per heavy atom. The second-order valence-corrected chi connectivity index (χ2v) is 3.93. The number of rotatable bonds is 2. The molecule has 17 heavy (non-hydrogen) atoms. The molecule has 0 aliphatic rings.